The van der Waals surface area contributed by atoms with Gasteiger partial charge in [0.15, 0.2) is 5.82 Å². The Balaban J connectivity index is 2.16. The van der Waals surface area contributed by atoms with Gasteiger partial charge in [-0.3, -0.25) is 0 Å². The third-order valence-corrected chi connectivity index (χ3v) is 2.86. The molecule has 1 heterocycles. The maximum atomic E-state index is 12.6. The molecule has 0 spiro atoms. The first-order chi connectivity index (χ1) is 9.40. The number of benzene rings is 1. The number of alkyl halides is 3. The Hall–Kier alpha value is -1.89. The first-order valence-corrected chi connectivity index (χ1v) is 6.14. The molecule has 0 saturated carbocycles. The predicted octanol–water partition coefficient (Wildman–Crippen LogP) is 3.09. The molecule has 20 heavy (non-hydrogen) atoms. The number of hydrogen-bond donors (Lipinski definition) is 1. The van der Waals surface area contributed by atoms with E-state index in [1.54, 1.807) is 6.07 Å². The summed E-state index contributed by atoms with van der Waals surface area (Å²) < 4.78 is 42.8. The lowest BCUT2D eigenvalue weighted by molar-refractivity contribution is -0.137. The maximum absolute atomic E-state index is 12.6. The van der Waals surface area contributed by atoms with Gasteiger partial charge in [0.25, 0.3) is 0 Å². The maximum Gasteiger partial charge on any atom is 0.416 e. The zero-order chi connectivity index (χ0) is 14.8. The second kappa shape index (κ2) is 5.62. The van der Waals surface area contributed by atoms with E-state index in [4.69, 9.17) is 10.3 Å². The highest BCUT2D eigenvalue weighted by Gasteiger charge is 2.30. The fourth-order valence-corrected chi connectivity index (χ4v) is 1.70. The summed E-state index contributed by atoms with van der Waals surface area (Å²) in [5, 5.41) is 3.72. The number of rotatable bonds is 4. The highest BCUT2D eigenvalue weighted by atomic mass is 19.4. The highest BCUT2D eigenvalue weighted by Crippen LogP contribution is 2.29. The second-order valence-electron chi connectivity index (χ2n) is 4.44. The standard InChI is InChI=1S/C13H14F3N3O/c1-2-10(17)12-18-11(19-20-12)7-8-4-3-5-9(6-8)13(14,15)16/h3-6,10H,2,7,17H2,1H3. The molecule has 108 valence electrons. The van der Waals surface area contributed by atoms with Crippen LogP contribution in [0.3, 0.4) is 0 Å². The third-order valence-electron chi connectivity index (χ3n) is 2.86. The van der Waals surface area contributed by atoms with Crippen LogP contribution in [0.1, 0.15) is 42.2 Å². The molecule has 0 aliphatic carbocycles. The van der Waals surface area contributed by atoms with Crippen molar-refractivity contribution < 1.29 is 17.7 Å². The normalized spacial score (nSPS) is 13.4. The molecule has 0 saturated heterocycles. The van der Waals surface area contributed by atoms with E-state index in [-0.39, 0.29) is 12.5 Å². The summed E-state index contributed by atoms with van der Waals surface area (Å²) in [4.78, 5) is 4.08. The van der Waals surface area contributed by atoms with Crippen molar-refractivity contribution in [3.05, 3.63) is 47.1 Å². The quantitative estimate of drug-likeness (QED) is 0.937. The molecule has 0 amide bonds. The van der Waals surface area contributed by atoms with Crippen LogP contribution in [0.25, 0.3) is 0 Å². The van der Waals surface area contributed by atoms with E-state index < -0.39 is 11.7 Å². The number of aromatic nitrogens is 2. The van der Waals surface area contributed by atoms with Crippen LogP contribution in [-0.2, 0) is 12.6 Å². The number of nitrogens with zero attached hydrogens (tertiary/aromatic N) is 2. The molecule has 1 atom stereocenters. The fourth-order valence-electron chi connectivity index (χ4n) is 1.70. The summed E-state index contributed by atoms with van der Waals surface area (Å²) in [7, 11) is 0. The summed E-state index contributed by atoms with van der Waals surface area (Å²) in [5.74, 6) is 0.623. The van der Waals surface area contributed by atoms with E-state index in [2.05, 4.69) is 10.1 Å². The molecule has 0 aliphatic rings. The number of hydrogen-bond acceptors (Lipinski definition) is 4. The predicted molar refractivity (Wildman–Crippen MR) is 65.8 cm³/mol. The lowest BCUT2D eigenvalue weighted by atomic mass is 10.1. The Morgan fingerprint density at radius 2 is 2.10 bits per heavy atom. The van der Waals surface area contributed by atoms with Crippen molar-refractivity contribution in [1.29, 1.82) is 0 Å². The van der Waals surface area contributed by atoms with Gasteiger partial charge in [-0.05, 0) is 18.1 Å². The molecule has 1 aromatic carbocycles. The molecule has 0 fully saturated rings. The average molecular weight is 285 g/mol. The molecule has 1 unspecified atom stereocenters. The average Bonchev–Trinajstić information content (AvgIpc) is 2.85. The Morgan fingerprint density at radius 1 is 1.35 bits per heavy atom. The molecule has 7 heteroatoms. The smallest absolute Gasteiger partial charge is 0.338 e. The molecule has 4 nitrogen and oxygen atoms in total. The first-order valence-electron chi connectivity index (χ1n) is 6.14. The fraction of sp³-hybridized carbons (Fsp3) is 0.385. The minimum absolute atomic E-state index is 0.170. The van der Waals surface area contributed by atoms with Crippen molar-refractivity contribution in [2.24, 2.45) is 5.73 Å². The third kappa shape index (κ3) is 3.36. The summed E-state index contributed by atoms with van der Waals surface area (Å²) in [6.45, 7) is 1.88. The van der Waals surface area contributed by atoms with Gasteiger partial charge in [-0.1, -0.05) is 30.3 Å². The van der Waals surface area contributed by atoms with Crippen LogP contribution in [0.4, 0.5) is 13.2 Å². The van der Waals surface area contributed by atoms with Crippen molar-refractivity contribution in [2.45, 2.75) is 32.0 Å². The van der Waals surface area contributed by atoms with Crippen LogP contribution in [-0.4, -0.2) is 10.1 Å². The van der Waals surface area contributed by atoms with Crippen LogP contribution in [0, 0.1) is 0 Å². The molecule has 1 aromatic heterocycles. The van der Waals surface area contributed by atoms with E-state index in [1.807, 2.05) is 6.92 Å². The summed E-state index contributed by atoms with van der Waals surface area (Å²) in [5.41, 5.74) is 5.52. The van der Waals surface area contributed by atoms with Gasteiger partial charge in [-0.15, -0.1) is 0 Å². The molecule has 0 aliphatic heterocycles. The van der Waals surface area contributed by atoms with E-state index in [9.17, 15) is 13.2 Å². The molecular formula is C13H14F3N3O. The molecule has 2 rings (SSSR count). The molecule has 0 radical (unpaired) electrons. The SMILES string of the molecule is CCC(N)c1nc(Cc2cccc(C(F)(F)F)c2)no1. The van der Waals surface area contributed by atoms with E-state index in [0.29, 0.717) is 23.7 Å². The van der Waals surface area contributed by atoms with Crippen LogP contribution in [0.2, 0.25) is 0 Å². The highest BCUT2D eigenvalue weighted by molar-refractivity contribution is 5.27. The lowest BCUT2D eigenvalue weighted by Gasteiger charge is -2.07. The Labute approximate surface area is 113 Å². The molecular weight excluding hydrogens is 271 g/mol. The zero-order valence-corrected chi connectivity index (χ0v) is 10.8. The first kappa shape index (κ1) is 14.5. The van der Waals surface area contributed by atoms with Gasteiger partial charge in [-0.25, -0.2) is 0 Å². The van der Waals surface area contributed by atoms with Gasteiger partial charge in [0.2, 0.25) is 5.89 Å². The largest absolute Gasteiger partial charge is 0.416 e. The van der Waals surface area contributed by atoms with Crippen molar-refractivity contribution in [3.8, 4) is 0 Å². The van der Waals surface area contributed by atoms with Gasteiger partial charge in [0, 0.05) is 6.42 Å². The van der Waals surface area contributed by atoms with Crippen LogP contribution >= 0.6 is 0 Å². The number of nitrogens with two attached hydrogens (primary N) is 1. The zero-order valence-electron chi connectivity index (χ0n) is 10.8. The Morgan fingerprint density at radius 3 is 2.75 bits per heavy atom. The van der Waals surface area contributed by atoms with E-state index in [1.165, 1.54) is 6.07 Å². The van der Waals surface area contributed by atoms with E-state index >= 15 is 0 Å². The minimum atomic E-state index is -4.36. The van der Waals surface area contributed by atoms with Crippen molar-refractivity contribution in [2.75, 3.05) is 0 Å². The lowest BCUT2D eigenvalue weighted by Crippen LogP contribution is -2.09. The molecule has 2 aromatic rings. The topological polar surface area (TPSA) is 64.9 Å². The molecule has 0 bridgehead atoms. The Bertz CT molecular complexity index is 580. The Kier molecular flexibility index (Phi) is 4.08. The number of halogens is 3. The van der Waals surface area contributed by atoms with Gasteiger partial charge in [-0.2, -0.15) is 18.2 Å². The monoisotopic (exact) mass is 285 g/mol. The van der Waals surface area contributed by atoms with Crippen LogP contribution < -0.4 is 5.73 Å². The van der Waals surface area contributed by atoms with E-state index in [0.717, 1.165) is 12.1 Å². The minimum Gasteiger partial charge on any atom is -0.338 e. The van der Waals surface area contributed by atoms with Crippen LogP contribution in [0.5, 0.6) is 0 Å². The van der Waals surface area contributed by atoms with Gasteiger partial charge in [0.1, 0.15) is 0 Å². The van der Waals surface area contributed by atoms with Gasteiger partial charge < -0.3 is 10.3 Å². The summed E-state index contributed by atoms with van der Waals surface area (Å²) in [6.07, 6.45) is -3.54. The van der Waals surface area contributed by atoms with Crippen molar-refractivity contribution in [1.82, 2.24) is 10.1 Å². The van der Waals surface area contributed by atoms with Crippen molar-refractivity contribution in [3.63, 3.8) is 0 Å². The van der Waals surface area contributed by atoms with Gasteiger partial charge in [0.05, 0.1) is 11.6 Å². The summed E-state index contributed by atoms with van der Waals surface area (Å²) >= 11 is 0. The second-order valence-corrected chi connectivity index (χ2v) is 4.44. The van der Waals surface area contributed by atoms with Crippen molar-refractivity contribution >= 4 is 0 Å². The summed E-state index contributed by atoms with van der Waals surface area (Å²) in [6, 6.07) is 4.70. The molecule has 2 N–H and O–H groups in total. The van der Waals surface area contributed by atoms with Gasteiger partial charge >= 0.3 is 6.18 Å². The van der Waals surface area contributed by atoms with Crippen LogP contribution in [0.15, 0.2) is 28.8 Å².